The maximum absolute atomic E-state index is 5.51. The van der Waals surface area contributed by atoms with Crippen molar-refractivity contribution in [2.75, 3.05) is 0 Å². The van der Waals surface area contributed by atoms with Gasteiger partial charge in [0.1, 0.15) is 5.69 Å². The predicted octanol–water partition coefficient (Wildman–Crippen LogP) is -0.541. The molecule has 2 aromatic rings. The maximum atomic E-state index is 5.51. The highest BCUT2D eigenvalue weighted by Gasteiger charge is 2.05. The summed E-state index contributed by atoms with van der Waals surface area (Å²) in [4.78, 5) is 0. The normalized spacial score (nSPS) is 10.6. The van der Waals surface area contributed by atoms with E-state index in [9.17, 15) is 0 Å². The second-order valence-corrected chi connectivity index (χ2v) is 2.71. The van der Waals surface area contributed by atoms with Crippen molar-refractivity contribution in [1.29, 1.82) is 0 Å². The molecule has 0 aliphatic heterocycles. The minimum absolute atomic E-state index is 0.419. The summed E-state index contributed by atoms with van der Waals surface area (Å²) in [6.07, 6.45) is 5.22. The lowest BCUT2D eigenvalue weighted by atomic mass is 10.4. The molecule has 0 bridgehead atoms. The minimum atomic E-state index is 0.419. The number of hydrogen-bond donors (Lipinski definition) is 1. The van der Waals surface area contributed by atoms with E-state index in [1.165, 1.54) is 0 Å². The standard InChI is InChI=1S/C7H10N6/c1-12-5-7(4-10-12)13-6(2-8)3-9-11-13/h3-5H,2,8H2,1H3. The monoisotopic (exact) mass is 178 g/mol. The summed E-state index contributed by atoms with van der Waals surface area (Å²) < 4.78 is 3.38. The van der Waals surface area contributed by atoms with Gasteiger partial charge in [0.05, 0.1) is 24.3 Å². The maximum Gasteiger partial charge on any atom is 0.105 e. The molecule has 0 aliphatic carbocycles. The van der Waals surface area contributed by atoms with Gasteiger partial charge in [-0.1, -0.05) is 5.21 Å². The van der Waals surface area contributed by atoms with E-state index in [1.807, 2.05) is 13.2 Å². The Balaban J connectivity index is 2.45. The zero-order valence-electron chi connectivity index (χ0n) is 7.25. The first kappa shape index (κ1) is 7.93. The molecule has 0 aromatic carbocycles. The first-order valence-electron chi connectivity index (χ1n) is 3.90. The molecular weight excluding hydrogens is 168 g/mol. The molecule has 2 heterocycles. The Hall–Kier alpha value is -1.69. The average molecular weight is 178 g/mol. The Morgan fingerprint density at radius 1 is 1.46 bits per heavy atom. The Labute approximate surface area is 75.0 Å². The first-order chi connectivity index (χ1) is 6.31. The molecule has 2 aromatic heterocycles. The molecule has 6 nitrogen and oxygen atoms in total. The highest BCUT2D eigenvalue weighted by Crippen LogP contribution is 2.06. The number of aromatic nitrogens is 5. The van der Waals surface area contributed by atoms with Crippen molar-refractivity contribution in [2.45, 2.75) is 6.54 Å². The molecule has 0 saturated heterocycles. The lowest BCUT2D eigenvalue weighted by Gasteiger charge is -1.98. The largest absolute Gasteiger partial charge is 0.325 e. The summed E-state index contributed by atoms with van der Waals surface area (Å²) in [6.45, 7) is 0.419. The Morgan fingerprint density at radius 2 is 2.31 bits per heavy atom. The van der Waals surface area contributed by atoms with Crippen LogP contribution in [0.5, 0.6) is 0 Å². The fourth-order valence-corrected chi connectivity index (χ4v) is 1.13. The third kappa shape index (κ3) is 1.31. The van der Waals surface area contributed by atoms with Gasteiger partial charge in [-0.25, -0.2) is 4.68 Å². The van der Waals surface area contributed by atoms with Gasteiger partial charge in [-0.05, 0) is 0 Å². The number of hydrogen-bond acceptors (Lipinski definition) is 4. The summed E-state index contributed by atoms with van der Waals surface area (Å²) in [7, 11) is 1.85. The van der Waals surface area contributed by atoms with E-state index in [0.717, 1.165) is 11.4 Å². The van der Waals surface area contributed by atoms with Crippen LogP contribution in [0, 0.1) is 0 Å². The van der Waals surface area contributed by atoms with Crippen LogP contribution in [0.3, 0.4) is 0 Å². The second kappa shape index (κ2) is 2.98. The molecule has 6 heteroatoms. The molecule has 0 fully saturated rings. The van der Waals surface area contributed by atoms with Crippen molar-refractivity contribution in [3.63, 3.8) is 0 Å². The molecular formula is C7H10N6. The van der Waals surface area contributed by atoms with Crippen LogP contribution in [0.4, 0.5) is 0 Å². The number of aryl methyl sites for hydroxylation is 1. The van der Waals surface area contributed by atoms with Crippen LogP contribution in [0.1, 0.15) is 5.69 Å². The molecule has 2 rings (SSSR count). The summed E-state index contributed by atoms with van der Waals surface area (Å²) in [6, 6.07) is 0. The van der Waals surface area contributed by atoms with Crippen molar-refractivity contribution < 1.29 is 0 Å². The van der Waals surface area contributed by atoms with E-state index in [-0.39, 0.29) is 0 Å². The number of rotatable bonds is 2. The zero-order chi connectivity index (χ0) is 9.26. The van der Waals surface area contributed by atoms with Gasteiger partial charge < -0.3 is 5.73 Å². The van der Waals surface area contributed by atoms with Gasteiger partial charge in [-0.15, -0.1) is 5.10 Å². The molecule has 68 valence electrons. The van der Waals surface area contributed by atoms with E-state index >= 15 is 0 Å². The molecule has 0 aliphatic rings. The Kier molecular flexibility index (Phi) is 1.82. The lowest BCUT2D eigenvalue weighted by Crippen LogP contribution is -2.06. The van der Waals surface area contributed by atoms with Crippen molar-refractivity contribution in [2.24, 2.45) is 12.8 Å². The molecule has 0 radical (unpaired) electrons. The zero-order valence-corrected chi connectivity index (χ0v) is 7.25. The molecule has 0 spiro atoms. The summed E-state index contributed by atoms with van der Waals surface area (Å²) in [5.74, 6) is 0. The highest BCUT2D eigenvalue weighted by molar-refractivity contribution is 5.25. The van der Waals surface area contributed by atoms with E-state index < -0.39 is 0 Å². The van der Waals surface area contributed by atoms with E-state index in [1.54, 1.807) is 21.8 Å². The predicted molar refractivity (Wildman–Crippen MR) is 46.0 cm³/mol. The average Bonchev–Trinajstić information content (AvgIpc) is 2.71. The fraction of sp³-hybridized carbons (Fsp3) is 0.286. The van der Waals surface area contributed by atoms with Crippen molar-refractivity contribution in [3.8, 4) is 5.69 Å². The topological polar surface area (TPSA) is 74.5 Å². The third-order valence-electron chi connectivity index (χ3n) is 1.76. The molecule has 0 amide bonds. The quantitative estimate of drug-likeness (QED) is 0.670. The summed E-state index contributed by atoms with van der Waals surface area (Å²) in [5, 5.41) is 11.7. The second-order valence-electron chi connectivity index (χ2n) is 2.71. The fourth-order valence-electron chi connectivity index (χ4n) is 1.13. The van der Waals surface area contributed by atoms with Gasteiger partial charge in [-0.3, -0.25) is 4.68 Å². The Morgan fingerprint density at radius 3 is 2.92 bits per heavy atom. The van der Waals surface area contributed by atoms with Gasteiger partial charge in [-0.2, -0.15) is 5.10 Å². The number of nitrogens with zero attached hydrogens (tertiary/aromatic N) is 5. The lowest BCUT2D eigenvalue weighted by molar-refractivity contribution is 0.751. The van der Waals surface area contributed by atoms with Crippen LogP contribution in [0.25, 0.3) is 5.69 Å². The molecule has 0 unspecified atom stereocenters. The van der Waals surface area contributed by atoms with Gasteiger partial charge in [0.2, 0.25) is 0 Å². The SMILES string of the molecule is Cn1cc(-n2nncc2CN)cn1. The molecule has 0 saturated carbocycles. The van der Waals surface area contributed by atoms with E-state index in [4.69, 9.17) is 5.73 Å². The Bertz CT molecular complexity index is 401. The van der Waals surface area contributed by atoms with Gasteiger partial charge in [0.25, 0.3) is 0 Å². The van der Waals surface area contributed by atoms with E-state index in [0.29, 0.717) is 6.54 Å². The highest BCUT2D eigenvalue weighted by atomic mass is 15.4. The third-order valence-corrected chi connectivity index (χ3v) is 1.76. The molecule has 0 atom stereocenters. The van der Waals surface area contributed by atoms with Crippen LogP contribution in [0.2, 0.25) is 0 Å². The van der Waals surface area contributed by atoms with Gasteiger partial charge in [0, 0.05) is 13.6 Å². The molecule has 2 N–H and O–H groups in total. The smallest absolute Gasteiger partial charge is 0.105 e. The summed E-state index contributed by atoms with van der Waals surface area (Å²) in [5.41, 5.74) is 7.26. The van der Waals surface area contributed by atoms with Crippen LogP contribution in [0.15, 0.2) is 18.6 Å². The molecule has 13 heavy (non-hydrogen) atoms. The minimum Gasteiger partial charge on any atom is -0.325 e. The van der Waals surface area contributed by atoms with Crippen LogP contribution >= 0.6 is 0 Å². The van der Waals surface area contributed by atoms with E-state index in [2.05, 4.69) is 15.4 Å². The summed E-state index contributed by atoms with van der Waals surface area (Å²) >= 11 is 0. The van der Waals surface area contributed by atoms with Crippen LogP contribution in [-0.2, 0) is 13.6 Å². The first-order valence-corrected chi connectivity index (χ1v) is 3.90. The van der Waals surface area contributed by atoms with Crippen molar-refractivity contribution >= 4 is 0 Å². The van der Waals surface area contributed by atoms with Crippen LogP contribution in [-0.4, -0.2) is 24.8 Å². The number of nitrogens with two attached hydrogens (primary N) is 1. The van der Waals surface area contributed by atoms with Crippen molar-refractivity contribution in [3.05, 3.63) is 24.3 Å². The van der Waals surface area contributed by atoms with Crippen molar-refractivity contribution in [1.82, 2.24) is 24.8 Å². The van der Waals surface area contributed by atoms with Crippen LogP contribution < -0.4 is 5.73 Å². The van der Waals surface area contributed by atoms with Gasteiger partial charge in [0.15, 0.2) is 0 Å². The van der Waals surface area contributed by atoms with Gasteiger partial charge >= 0.3 is 0 Å².